The molecule has 0 fully saturated rings. The number of hydrogen-bond donors (Lipinski definition) is 5. The normalized spacial score (nSPS) is 15.1. The first-order valence-corrected chi connectivity index (χ1v) is 8.66. The summed E-state index contributed by atoms with van der Waals surface area (Å²) < 4.78 is 5.07. The number of rotatable bonds is 8. The highest BCUT2D eigenvalue weighted by molar-refractivity contribution is 5.87. The topological polar surface area (TPSA) is 142 Å². The highest BCUT2D eigenvalue weighted by atomic mass is 16.6. The van der Waals surface area contributed by atoms with Gasteiger partial charge < -0.3 is 31.1 Å². The number of carbonyl (C=O) groups excluding carboxylic acids is 2. The van der Waals surface area contributed by atoms with Crippen molar-refractivity contribution in [3.63, 3.8) is 0 Å². The van der Waals surface area contributed by atoms with Crippen molar-refractivity contribution >= 4 is 12.0 Å². The fraction of sp³-hybridized carbons (Fsp3) is 0.300. The van der Waals surface area contributed by atoms with Crippen LogP contribution in [0.5, 0.6) is 5.75 Å². The van der Waals surface area contributed by atoms with Gasteiger partial charge in [-0.15, -0.1) is 0 Å². The number of aromatic hydroxyl groups is 1. The van der Waals surface area contributed by atoms with Gasteiger partial charge in [0.15, 0.2) is 5.60 Å². The number of phenolic OH excluding ortho intramolecular Hbond substituents is 1. The van der Waals surface area contributed by atoms with E-state index in [0.29, 0.717) is 11.1 Å². The first-order chi connectivity index (χ1) is 13.2. The maximum absolute atomic E-state index is 12.9. The number of hydrogen-bond acceptors (Lipinski definition) is 6. The van der Waals surface area contributed by atoms with E-state index in [-0.39, 0.29) is 12.2 Å². The van der Waals surface area contributed by atoms with E-state index in [0.717, 1.165) is 0 Å². The summed E-state index contributed by atoms with van der Waals surface area (Å²) in [7, 11) is 0. The van der Waals surface area contributed by atoms with E-state index < -0.39 is 36.4 Å². The third kappa shape index (κ3) is 5.45. The van der Waals surface area contributed by atoms with E-state index in [1.54, 1.807) is 42.5 Å². The van der Waals surface area contributed by atoms with Crippen molar-refractivity contribution in [1.82, 2.24) is 5.32 Å². The zero-order valence-corrected chi connectivity index (χ0v) is 15.4. The molecule has 0 bridgehead atoms. The highest BCUT2D eigenvalue weighted by Gasteiger charge is 2.39. The SMILES string of the molecule is CC(Cc1ccc(O)cc1)(OC(N)=O)C(=O)NC(CO)C(O)c1ccccc1. The predicted octanol–water partition coefficient (Wildman–Crippen LogP) is 0.999. The van der Waals surface area contributed by atoms with E-state index in [9.17, 15) is 24.9 Å². The van der Waals surface area contributed by atoms with Gasteiger partial charge in [-0.3, -0.25) is 4.79 Å². The fourth-order valence-electron chi connectivity index (χ4n) is 2.82. The Bertz CT molecular complexity index is 796. The molecule has 0 aliphatic heterocycles. The summed E-state index contributed by atoms with van der Waals surface area (Å²) in [5, 5.41) is 32.0. The minimum atomic E-state index is -1.69. The smallest absolute Gasteiger partial charge is 0.405 e. The molecule has 2 amide bonds. The van der Waals surface area contributed by atoms with E-state index in [1.807, 2.05) is 0 Å². The maximum atomic E-state index is 12.9. The summed E-state index contributed by atoms with van der Waals surface area (Å²) in [5.74, 6) is -0.676. The van der Waals surface area contributed by atoms with Crippen molar-refractivity contribution in [2.45, 2.75) is 31.1 Å². The number of amides is 2. The van der Waals surface area contributed by atoms with Gasteiger partial charge >= 0.3 is 6.09 Å². The van der Waals surface area contributed by atoms with Crippen molar-refractivity contribution in [3.05, 3.63) is 65.7 Å². The average molecular weight is 388 g/mol. The molecule has 8 nitrogen and oxygen atoms in total. The van der Waals surface area contributed by atoms with Gasteiger partial charge in [-0.2, -0.15) is 0 Å². The summed E-state index contributed by atoms with van der Waals surface area (Å²) in [4.78, 5) is 24.2. The average Bonchev–Trinajstić information content (AvgIpc) is 2.67. The van der Waals surface area contributed by atoms with Gasteiger partial charge in [-0.05, 0) is 30.2 Å². The monoisotopic (exact) mass is 388 g/mol. The highest BCUT2D eigenvalue weighted by Crippen LogP contribution is 2.22. The number of nitrogens with one attached hydrogen (secondary N) is 1. The van der Waals surface area contributed by atoms with Crippen LogP contribution in [0.4, 0.5) is 4.79 Å². The Balaban J connectivity index is 2.20. The Hall–Kier alpha value is -3.10. The third-order valence-corrected chi connectivity index (χ3v) is 4.32. The zero-order chi connectivity index (χ0) is 20.7. The Morgan fingerprint density at radius 1 is 1.14 bits per heavy atom. The number of primary amides is 1. The van der Waals surface area contributed by atoms with Gasteiger partial charge in [0.1, 0.15) is 11.9 Å². The minimum Gasteiger partial charge on any atom is -0.508 e. The van der Waals surface area contributed by atoms with Crippen LogP contribution in [-0.4, -0.2) is 45.6 Å². The molecule has 0 saturated carbocycles. The molecule has 2 rings (SSSR count). The number of aliphatic hydroxyl groups is 2. The lowest BCUT2D eigenvalue weighted by Crippen LogP contribution is -2.55. The molecule has 8 heteroatoms. The molecule has 0 saturated heterocycles. The summed E-state index contributed by atoms with van der Waals surface area (Å²) in [5.41, 5.74) is 4.56. The first-order valence-electron chi connectivity index (χ1n) is 8.66. The van der Waals surface area contributed by atoms with E-state index >= 15 is 0 Å². The van der Waals surface area contributed by atoms with Gasteiger partial charge in [-0.1, -0.05) is 42.5 Å². The Kier molecular flexibility index (Phi) is 6.97. The number of benzene rings is 2. The first kappa shape index (κ1) is 21.2. The number of carbonyl (C=O) groups is 2. The molecule has 2 aromatic carbocycles. The molecule has 0 aliphatic rings. The van der Waals surface area contributed by atoms with Crippen molar-refractivity contribution in [1.29, 1.82) is 0 Å². The van der Waals surface area contributed by atoms with Crippen LogP contribution < -0.4 is 11.1 Å². The van der Waals surface area contributed by atoms with E-state index in [4.69, 9.17) is 10.5 Å². The lowest BCUT2D eigenvalue weighted by Gasteiger charge is -2.31. The summed E-state index contributed by atoms with van der Waals surface area (Å²) in [6.45, 7) is 0.844. The fourth-order valence-corrected chi connectivity index (χ4v) is 2.82. The summed E-state index contributed by atoms with van der Waals surface area (Å²) >= 11 is 0. The van der Waals surface area contributed by atoms with Gasteiger partial charge in [0, 0.05) is 6.42 Å². The molecule has 3 atom stereocenters. The van der Waals surface area contributed by atoms with Gasteiger partial charge in [0.2, 0.25) is 0 Å². The molecule has 3 unspecified atom stereocenters. The minimum absolute atomic E-state index is 0.0262. The largest absolute Gasteiger partial charge is 0.508 e. The maximum Gasteiger partial charge on any atom is 0.405 e. The number of nitrogens with two attached hydrogens (primary N) is 1. The predicted molar refractivity (Wildman–Crippen MR) is 101 cm³/mol. The molecule has 2 aromatic rings. The van der Waals surface area contributed by atoms with E-state index in [2.05, 4.69) is 5.32 Å². The van der Waals surface area contributed by atoms with Crippen LogP contribution in [0.25, 0.3) is 0 Å². The molecule has 0 spiro atoms. The van der Waals surface area contributed by atoms with Gasteiger partial charge in [0.05, 0.1) is 12.6 Å². The van der Waals surface area contributed by atoms with Crippen LogP contribution in [0, 0.1) is 0 Å². The van der Waals surface area contributed by atoms with Crippen LogP contribution in [0.2, 0.25) is 0 Å². The number of phenols is 1. The third-order valence-electron chi connectivity index (χ3n) is 4.32. The van der Waals surface area contributed by atoms with Crippen LogP contribution in [0.15, 0.2) is 54.6 Å². The molecular weight excluding hydrogens is 364 g/mol. The Morgan fingerprint density at radius 2 is 1.75 bits per heavy atom. The van der Waals surface area contributed by atoms with Crippen molar-refractivity contribution in [2.75, 3.05) is 6.61 Å². The number of aliphatic hydroxyl groups excluding tert-OH is 2. The van der Waals surface area contributed by atoms with Crippen LogP contribution >= 0.6 is 0 Å². The van der Waals surface area contributed by atoms with Crippen LogP contribution in [-0.2, 0) is 16.0 Å². The van der Waals surface area contributed by atoms with Crippen molar-refractivity contribution in [2.24, 2.45) is 5.73 Å². The molecule has 0 radical (unpaired) electrons. The summed E-state index contributed by atoms with van der Waals surface area (Å²) in [6, 6.07) is 13.6. The van der Waals surface area contributed by atoms with Gasteiger partial charge in [-0.25, -0.2) is 4.79 Å². The molecule has 0 aliphatic carbocycles. The van der Waals surface area contributed by atoms with Crippen molar-refractivity contribution in [3.8, 4) is 5.75 Å². The Labute approximate surface area is 162 Å². The quantitative estimate of drug-likeness (QED) is 0.457. The molecule has 0 heterocycles. The standard InChI is InChI=1S/C20H24N2O6/c1-20(28-19(21)27,11-13-7-9-15(24)10-8-13)18(26)22-16(12-23)17(25)14-5-3-2-4-6-14/h2-10,16-17,23-25H,11-12H2,1H3,(H2,21,27)(H,22,26). The molecular formula is C20H24N2O6. The second-order valence-corrected chi connectivity index (χ2v) is 6.61. The molecule has 6 N–H and O–H groups in total. The lowest BCUT2D eigenvalue weighted by atomic mass is 9.94. The van der Waals surface area contributed by atoms with Crippen LogP contribution in [0.3, 0.4) is 0 Å². The molecule has 0 aromatic heterocycles. The lowest BCUT2D eigenvalue weighted by molar-refractivity contribution is -0.140. The Morgan fingerprint density at radius 3 is 2.29 bits per heavy atom. The number of ether oxygens (including phenoxy) is 1. The second-order valence-electron chi connectivity index (χ2n) is 6.61. The molecule has 150 valence electrons. The zero-order valence-electron chi connectivity index (χ0n) is 15.4. The van der Waals surface area contributed by atoms with E-state index in [1.165, 1.54) is 19.1 Å². The van der Waals surface area contributed by atoms with Crippen LogP contribution in [0.1, 0.15) is 24.2 Å². The second kappa shape index (κ2) is 9.20. The van der Waals surface area contributed by atoms with Gasteiger partial charge in [0.25, 0.3) is 5.91 Å². The molecule has 28 heavy (non-hydrogen) atoms. The van der Waals surface area contributed by atoms with Crippen molar-refractivity contribution < 1.29 is 29.6 Å². The summed E-state index contributed by atoms with van der Waals surface area (Å²) in [6.07, 6.45) is -2.33.